The largest absolute Gasteiger partial charge is 0.454 e. The van der Waals surface area contributed by atoms with E-state index in [1.807, 2.05) is 44.5 Å². The molecule has 0 atom stereocenters. The van der Waals surface area contributed by atoms with Crippen LogP contribution in [-0.2, 0) is 13.1 Å². The van der Waals surface area contributed by atoms with Crippen LogP contribution in [0.4, 0.5) is 5.69 Å². The van der Waals surface area contributed by atoms with Gasteiger partial charge in [0, 0.05) is 34.1 Å². The number of ether oxygens (including phenoxy) is 2. The Morgan fingerprint density at radius 2 is 1.94 bits per heavy atom. The third kappa shape index (κ3) is 4.96. The summed E-state index contributed by atoms with van der Waals surface area (Å²) in [7, 11) is 0. The molecule has 1 aromatic heterocycles. The number of aliphatic imine (C=N–C) groups is 1. The second kappa shape index (κ2) is 9.54. The van der Waals surface area contributed by atoms with Gasteiger partial charge in [0.25, 0.3) is 5.91 Å². The maximum atomic E-state index is 13.0. The lowest BCUT2D eigenvalue weighted by Crippen LogP contribution is -2.36. The van der Waals surface area contributed by atoms with Gasteiger partial charge in [-0.05, 0) is 69.7 Å². The lowest BCUT2D eigenvalue weighted by atomic mass is 10.2. The fourth-order valence-electron chi connectivity index (χ4n) is 3.65. The number of rotatable bonds is 5. The molecular weight excluding hydrogens is 442 g/mol. The van der Waals surface area contributed by atoms with Gasteiger partial charge in [-0.2, -0.15) is 5.10 Å². The number of halogens is 1. The highest BCUT2D eigenvalue weighted by atomic mass is 35.5. The van der Waals surface area contributed by atoms with Gasteiger partial charge in [-0.25, -0.2) is 4.99 Å². The zero-order chi connectivity index (χ0) is 23.5. The number of aryl methyl sites for hydroxylation is 3. The molecule has 2 heterocycles. The fraction of sp³-hybridized carbons (Fsp3) is 0.292. The number of nitrogens with one attached hydrogen (secondary N) is 2. The number of fused-ring (bicyclic) bond motifs is 1. The van der Waals surface area contributed by atoms with Crippen molar-refractivity contribution < 1.29 is 14.3 Å². The summed E-state index contributed by atoms with van der Waals surface area (Å²) >= 11 is 6.10. The summed E-state index contributed by atoms with van der Waals surface area (Å²) in [6, 6.07) is 10.5. The van der Waals surface area contributed by atoms with Crippen LogP contribution in [0.1, 0.15) is 39.8 Å². The van der Waals surface area contributed by atoms with Crippen molar-refractivity contribution in [2.24, 2.45) is 4.99 Å². The highest BCUT2D eigenvalue weighted by Crippen LogP contribution is 2.32. The van der Waals surface area contributed by atoms with Crippen molar-refractivity contribution in [2.45, 2.75) is 40.8 Å². The smallest absolute Gasteiger partial charge is 0.258 e. The summed E-state index contributed by atoms with van der Waals surface area (Å²) in [5.74, 6) is 1.17. The first kappa shape index (κ1) is 22.7. The van der Waals surface area contributed by atoms with Gasteiger partial charge >= 0.3 is 0 Å². The molecule has 0 radical (unpaired) electrons. The molecular formula is C24H26ClN5O3. The Bertz CT molecular complexity index is 1240. The van der Waals surface area contributed by atoms with Gasteiger partial charge in [0.2, 0.25) is 12.8 Å². The van der Waals surface area contributed by atoms with E-state index < -0.39 is 0 Å². The fourth-order valence-corrected chi connectivity index (χ4v) is 3.88. The van der Waals surface area contributed by atoms with Crippen molar-refractivity contribution in [3.05, 3.63) is 69.5 Å². The maximum absolute atomic E-state index is 13.0. The molecule has 33 heavy (non-hydrogen) atoms. The summed E-state index contributed by atoms with van der Waals surface area (Å²) in [4.78, 5) is 17.7. The van der Waals surface area contributed by atoms with E-state index in [0.717, 1.165) is 34.7 Å². The first-order valence-electron chi connectivity index (χ1n) is 10.7. The number of hydrogen-bond acceptors (Lipinski definition) is 5. The van der Waals surface area contributed by atoms with Gasteiger partial charge in [-0.15, -0.1) is 0 Å². The second-order valence-corrected chi connectivity index (χ2v) is 8.17. The number of guanidine groups is 1. The summed E-state index contributed by atoms with van der Waals surface area (Å²) in [5.41, 5.74) is 5.17. The molecule has 0 aliphatic carbocycles. The topological polar surface area (TPSA) is 89.8 Å². The van der Waals surface area contributed by atoms with Crippen LogP contribution in [0.25, 0.3) is 0 Å². The van der Waals surface area contributed by atoms with Crippen molar-refractivity contribution in [1.82, 2.24) is 15.1 Å². The van der Waals surface area contributed by atoms with Crippen molar-refractivity contribution >= 4 is 29.2 Å². The van der Waals surface area contributed by atoms with E-state index in [4.69, 9.17) is 26.1 Å². The quantitative estimate of drug-likeness (QED) is 0.422. The van der Waals surface area contributed by atoms with E-state index >= 15 is 0 Å². The van der Waals surface area contributed by atoms with Crippen molar-refractivity contribution in [3.8, 4) is 11.5 Å². The standard InChI is InChI=1S/C24H26ClN5O3/c1-5-30-16(4)19(15(3)29-30)12-26-24(27-20-8-7-18(25)10-14(20)2)28-23(31)17-6-9-21-22(11-17)33-13-32-21/h6-11H,5,12-13H2,1-4H3,(H2,26,27,28,31). The van der Waals surface area contributed by atoms with Crippen LogP contribution in [0.3, 0.4) is 0 Å². The van der Waals surface area contributed by atoms with Gasteiger partial charge in [-0.3, -0.25) is 14.8 Å². The summed E-state index contributed by atoms with van der Waals surface area (Å²) in [6.07, 6.45) is 0. The van der Waals surface area contributed by atoms with Gasteiger partial charge in [0.1, 0.15) is 0 Å². The summed E-state index contributed by atoms with van der Waals surface area (Å²) in [6.45, 7) is 9.27. The average molecular weight is 468 g/mol. The normalized spacial score (nSPS) is 12.7. The number of aromatic nitrogens is 2. The number of hydrogen-bond donors (Lipinski definition) is 2. The van der Waals surface area contributed by atoms with Crippen molar-refractivity contribution in [1.29, 1.82) is 0 Å². The molecule has 2 N–H and O–H groups in total. The number of benzene rings is 2. The third-order valence-corrected chi connectivity index (χ3v) is 5.77. The van der Waals surface area contributed by atoms with Crippen LogP contribution < -0.4 is 20.1 Å². The highest BCUT2D eigenvalue weighted by Gasteiger charge is 2.18. The minimum Gasteiger partial charge on any atom is -0.454 e. The van der Waals surface area contributed by atoms with Crippen molar-refractivity contribution in [3.63, 3.8) is 0 Å². The number of anilines is 1. The lowest BCUT2D eigenvalue weighted by Gasteiger charge is -2.14. The predicted octanol–water partition coefficient (Wildman–Crippen LogP) is 4.61. The summed E-state index contributed by atoms with van der Waals surface area (Å²) in [5, 5.41) is 11.3. The molecule has 0 unspecified atom stereocenters. The zero-order valence-corrected chi connectivity index (χ0v) is 19.8. The molecule has 0 saturated carbocycles. The predicted molar refractivity (Wildman–Crippen MR) is 128 cm³/mol. The van der Waals surface area contributed by atoms with Crippen LogP contribution in [0.2, 0.25) is 5.02 Å². The van der Waals surface area contributed by atoms with E-state index in [1.54, 1.807) is 24.3 Å². The molecule has 4 rings (SSSR count). The minimum atomic E-state index is -0.316. The highest BCUT2D eigenvalue weighted by molar-refractivity contribution is 6.30. The SMILES string of the molecule is CCn1nc(C)c(CN=C(NC(=O)c2ccc3c(c2)OCO3)Nc2ccc(Cl)cc2C)c1C. The Labute approximate surface area is 197 Å². The maximum Gasteiger partial charge on any atom is 0.258 e. The van der Waals surface area contributed by atoms with Gasteiger partial charge in [0.05, 0.1) is 12.2 Å². The molecule has 8 nitrogen and oxygen atoms in total. The molecule has 2 aromatic carbocycles. The van der Waals surface area contributed by atoms with Gasteiger partial charge in [-0.1, -0.05) is 11.6 Å². The first-order chi connectivity index (χ1) is 15.9. The number of amides is 1. The number of carbonyl (C=O) groups excluding carboxylic acids is 1. The zero-order valence-electron chi connectivity index (χ0n) is 19.0. The van der Waals surface area contributed by atoms with Crippen molar-refractivity contribution in [2.75, 3.05) is 12.1 Å². The Morgan fingerprint density at radius 1 is 1.15 bits per heavy atom. The molecule has 3 aromatic rings. The molecule has 9 heteroatoms. The molecule has 0 bridgehead atoms. The average Bonchev–Trinajstić information content (AvgIpc) is 3.37. The Morgan fingerprint density at radius 3 is 2.67 bits per heavy atom. The molecule has 0 saturated heterocycles. The number of carbonyl (C=O) groups is 1. The van der Waals surface area contributed by atoms with Gasteiger partial charge in [0.15, 0.2) is 11.5 Å². The Hall–Kier alpha value is -3.52. The van der Waals surface area contributed by atoms with E-state index in [2.05, 4.69) is 15.7 Å². The molecule has 0 fully saturated rings. The molecule has 1 aliphatic heterocycles. The molecule has 0 spiro atoms. The number of nitrogens with zero attached hydrogens (tertiary/aromatic N) is 3. The Balaban J connectivity index is 1.61. The van der Waals surface area contributed by atoms with Crippen LogP contribution in [-0.4, -0.2) is 28.4 Å². The van der Waals surface area contributed by atoms with Crippen LogP contribution in [0.15, 0.2) is 41.4 Å². The molecule has 1 aliphatic rings. The van der Waals surface area contributed by atoms with Crippen LogP contribution in [0.5, 0.6) is 11.5 Å². The van der Waals surface area contributed by atoms with E-state index in [1.165, 1.54) is 0 Å². The Kier molecular flexibility index (Phi) is 6.55. The van der Waals surface area contributed by atoms with E-state index in [9.17, 15) is 4.79 Å². The first-order valence-corrected chi connectivity index (χ1v) is 11.0. The summed E-state index contributed by atoms with van der Waals surface area (Å²) < 4.78 is 12.7. The van der Waals surface area contributed by atoms with E-state index in [-0.39, 0.29) is 12.7 Å². The van der Waals surface area contributed by atoms with Crippen LogP contribution >= 0.6 is 11.6 Å². The molecule has 172 valence electrons. The third-order valence-electron chi connectivity index (χ3n) is 5.53. The minimum absolute atomic E-state index is 0.147. The molecule has 1 amide bonds. The lowest BCUT2D eigenvalue weighted by molar-refractivity contribution is 0.0976. The van der Waals surface area contributed by atoms with Gasteiger partial charge < -0.3 is 14.8 Å². The monoisotopic (exact) mass is 467 g/mol. The van der Waals surface area contributed by atoms with E-state index in [0.29, 0.717) is 34.6 Å². The second-order valence-electron chi connectivity index (χ2n) is 7.74. The van der Waals surface area contributed by atoms with Crippen LogP contribution in [0, 0.1) is 20.8 Å².